The lowest BCUT2D eigenvalue weighted by atomic mass is 9.95. The number of nitrogens with two attached hydrogens (primary N) is 2. The zero-order chi connectivity index (χ0) is 15.2. The summed E-state index contributed by atoms with van der Waals surface area (Å²) in [5.74, 6) is 0.108. The topological polar surface area (TPSA) is 98.2 Å². The second-order valence-corrected chi connectivity index (χ2v) is 6.29. The summed E-state index contributed by atoms with van der Waals surface area (Å²) in [7, 11) is 0. The number of para-hydroxylation sites is 1. The number of carbonyl (C=O) groups is 2. The van der Waals surface area contributed by atoms with Crippen molar-refractivity contribution in [3.8, 4) is 0 Å². The van der Waals surface area contributed by atoms with Gasteiger partial charge in [0, 0.05) is 10.8 Å². The van der Waals surface area contributed by atoms with E-state index in [-0.39, 0.29) is 41.8 Å². The van der Waals surface area contributed by atoms with Crippen LogP contribution in [0.3, 0.4) is 0 Å². The molecule has 0 heterocycles. The fourth-order valence-corrected chi connectivity index (χ4v) is 3.48. The Morgan fingerprint density at radius 1 is 1.27 bits per heavy atom. The van der Waals surface area contributed by atoms with Crippen molar-refractivity contribution >= 4 is 41.7 Å². The Morgan fingerprint density at radius 3 is 2.68 bits per heavy atom. The molecular formula is C15H22ClN3O2S. The highest BCUT2D eigenvalue weighted by molar-refractivity contribution is 8.00. The van der Waals surface area contributed by atoms with Crippen molar-refractivity contribution < 1.29 is 9.59 Å². The third-order valence-electron chi connectivity index (χ3n) is 3.81. The van der Waals surface area contributed by atoms with Gasteiger partial charge in [-0.1, -0.05) is 18.6 Å². The Hall–Kier alpha value is -1.24. The van der Waals surface area contributed by atoms with E-state index in [2.05, 4.69) is 5.32 Å². The van der Waals surface area contributed by atoms with Gasteiger partial charge in [-0.2, -0.15) is 0 Å². The van der Waals surface area contributed by atoms with Crippen molar-refractivity contribution in [3.63, 3.8) is 0 Å². The minimum atomic E-state index is -0.375. The van der Waals surface area contributed by atoms with Crippen LogP contribution in [0.1, 0.15) is 19.3 Å². The minimum absolute atomic E-state index is 0. The Balaban J connectivity index is 0.00000242. The molecule has 22 heavy (non-hydrogen) atoms. The van der Waals surface area contributed by atoms with Gasteiger partial charge in [-0.3, -0.25) is 9.59 Å². The molecule has 0 bridgehead atoms. The second kappa shape index (κ2) is 9.02. The predicted octanol–water partition coefficient (Wildman–Crippen LogP) is 2.00. The van der Waals surface area contributed by atoms with E-state index in [1.54, 1.807) is 0 Å². The summed E-state index contributed by atoms with van der Waals surface area (Å²) in [5, 5.41) is 2.97. The summed E-state index contributed by atoms with van der Waals surface area (Å²) in [4.78, 5) is 24.2. The molecule has 0 radical (unpaired) electrons. The van der Waals surface area contributed by atoms with E-state index in [4.69, 9.17) is 11.5 Å². The van der Waals surface area contributed by atoms with E-state index >= 15 is 0 Å². The normalized spacial score (nSPS) is 20.2. The predicted molar refractivity (Wildman–Crippen MR) is 92.1 cm³/mol. The van der Waals surface area contributed by atoms with E-state index in [0.29, 0.717) is 6.54 Å². The molecule has 2 amide bonds. The Bertz CT molecular complexity index is 527. The lowest BCUT2D eigenvalue weighted by molar-refractivity contribution is -0.120. The molecule has 1 aromatic carbocycles. The molecule has 0 saturated heterocycles. The van der Waals surface area contributed by atoms with Gasteiger partial charge in [0.25, 0.3) is 0 Å². The number of carbonyl (C=O) groups excluding carboxylic acids is 2. The number of halogens is 1. The van der Waals surface area contributed by atoms with Crippen molar-refractivity contribution in [2.75, 3.05) is 17.6 Å². The van der Waals surface area contributed by atoms with Gasteiger partial charge >= 0.3 is 0 Å². The number of hydrogen-bond acceptors (Lipinski definition) is 4. The Kier molecular flexibility index (Phi) is 7.72. The van der Waals surface area contributed by atoms with Crippen molar-refractivity contribution in [1.29, 1.82) is 0 Å². The molecule has 122 valence electrons. The molecule has 1 fully saturated rings. The number of thioether (sulfide) groups is 1. The molecule has 0 unspecified atom stereocenters. The van der Waals surface area contributed by atoms with Gasteiger partial charge in [-0.05, 0) is 37.4 Å². The monoisotopic (exact) mass is 343 g/mol. The quantitative estimate of drug-likeness (QED) is 0.688. The Labute approximate surface area is 141 Å². The third-order valence-corrected chi connectivity index (χ3v) is 4.91. The van der Waals surface area contributed by atoms with Crippen LogP contribution in [0.2, 0.25) is 0 Å². The summed E-state index contributed by atoms with van der Waals surface area (Å²) in [6.45, 7) is 0.552. The first-order valence-corrected chi connectivity index (χ1v) is 8.11. The maximum absolute atomic E-state index is 12.4. The van der Waals surface area contributed by atoms with Crippen LogP contribution in [-0.4, -0.2) is 24.1 Å². The fourth-order valence-electron chi connectivity index (χ4n) is 2.73. The average Bonchev–Trinajstić information content (AvgIpc) is 2.94. The van der Waals surface area contributed by atoms with Crippen molar-refractivity contribution in [1.82, 2.24) is 0 Å². The lowest BCUT2D eigenvalue weighted by Crippen LogP contribution is -2.29. The van der Waals surface area contributed by atoms with Gasteiger partial charge in [-0.25, -0.2) is 0 Å². The molecule has 1 saturated carbocycles. The summed E-state index contributed by atoms with van der Waals surface area (Å²) in [6, 6.07) is 7.45. The van der Waals surface area contributed by atoms with Gasteiger partial charge in [0.2, 0.25) is 11.8 Å². The number of nitrogens with one attached hydrogen (secondary N) is 1. The van der Waals surface area contributed by atoms with Crippen LogP contribution in [0.25, 0.3) is 0 Å². The van der Waals surface area contributed by atoms with Crippen molar-refractivity contribution in [2.24, 2.45) is 23.3 Å². The highest BCUT2D eigenvalue weighted by Gasteiger charge is 2.32. The highest BCUT2D eigenvalue weighted by atomic mass is 35.5. The zero-order valence-corrected chi connectivity index (χ0v) is 13.9. The van der Waals surface area contributed by atoms with Gasteiger partial charge in [0.05, 0.1) is 11.4 Å². The number of amides is 2. The smallest absolute Gasteiger partial charge is 0.227 e. The van der Waals surface area contributed by atoms with Gasteiger partial charge in [-0.15, -0.1) is 24.2 Å². The number of rotatable bonds is 6. The molecule has 2 atom stereocenters. The first kappa shape index (κ1) is 18.8. The third kappa shape index (κ3) is 4.90. The van der Waals surface area contributed by atoms with E-state index in [0.717, 1.165) is 29.8 Å². The summed E-state index contributed by atoms with van der Waals surface area (Å²) in [5.41, 5.74) is 11.6. The van der Waals surface area contributed by atoms with Crippen LogP contribution >= 0.6 is 24.2 Å². The number of benzene rings is 1. The first-order valence-electron chi connectivity index (χ1n) is 7.13. The first-order chi connectivity index (χ1) is 10.1. The SMILES string of the molecule is Cl.NC[C@H]1CCC[C@H]1C(=O)Nc1ccccc1SCC(N)=O. The molecule has 5 nitrogen and oxygen atoms in total. The van der Waals surface area contributed by atoms with Gasteiger partial charge in [0.15, 0.2) is 0 Å². The van der Waals surface area contributed by atoms with E-state index in [9.17, 15) is 9.59 Å². The van der Waals surface area contributed by atoms with Crippen LogP contribution in [0, 0.1) is 11.8 Å². The maximum Gasteiger partial charge on any atom is 0.227 e. The molecule has 1 aliphatic rings. The standard InChI is InChI=1S/C15H21N3O2S.ClH/c16-8-10-4-3-5-11(10)15(20)18-12-6-1-2-7-13(12)21-9-14(17)19;/h1-2,6-7,10-11H,3-5,8-9,16H2,(H2,17,19)(H,18,20);1H/t10-,11-;/m1./s1. The molecule has 2 rings (SSSR count). The number of anilines is 1. The minimum Gasteiger partial charge on any atom is -0.369 e. The molecule has 5 N–H and O–H groups in total. The number of primary amides is 1. The second-order valence-electron chi connectivity index (χ2n) is 5.27. The van der Waals surface area contributed by atoms with Crippen LogP contribution in [0.5, 0.6) is 0 Å². The average molecular weight is 344 g/mol. The van der Waals surface area contributed by atoms with Crippen LogP contribution in [-0.2, 0) is 9.59 Å². The van der Waals surface area contributed by atoms with Crippen molar-refractivity contribution in [2.45, 2.75) is 24.2 Å². The van der Waals surface area contributed by atoms with Gasteiger partial charge in [0.1, 0.15) is 0 Å². The largest absolute Gasteiger partial charge is 0.369 e. The van der Waals surface area contributed by atoms with E-state index in [1.165, 1.54) is 11.8 Å². The number of hydrogen-bond donors (Lipinski definition) is 3. The molecule has 0 aromatic heterocycles. The van der Waals surface area contributed by atoms with Crippen LogP contribution < -0.4 is 16.8 Å². The summed E-state index contributed by atoms with van der Waals surface area (Å²) >= 11 is 1.33. The van der Waals surface area contributed by atoms with Crippen LogP contribution in [0.4, 0.5) is 5.69 Å². The molecule has 1 aliphatic carbocycles. The molecule has 7 heteroatoms. The summed E-state index contributed by atoms with van der Waals surface area (Å²) < 4.78 is 0. The van der Waals surface area contributed by atoms with E-state index < -0.39 is 0 Å². The van der Waals surface area contributed by atoms with Gasteiger partial charge < -0.3 is 16.8 Å². The van der Waals surface area contributed by atoms with E-state index in [1.807, 2.05) is 24.3 Å². The maximum atomic E-state index is 12.4. The molecular weight excluding hydrogens is 322 g/mol. The zero-order valence-electron chi connectivity index (χ0n) is 12.3. The molecule has 0 spiro atoms. The lowest BCUT2D eigenvalue weighted by Gasteiger charge is -2.18. The summed E-state index contributed by atoms with van der Waals surface area (Å²) in [6.07, 6.45) is 2.97. The Morgan fingerprint density at radius 2 is 2.00 bits per heavy atom. The van der Waals surface area contributed by atoms with Crippen molar-refractivity contribution in [3.05, 3.63) is 24.3 Å². The van der Waals surface area contributed by atoms with Crippen LogP contribution in [0.15, 0.2) is 29.2 Å². The fraction of sp³-hybridized carbons (Fsp3) is 0.467. The molecule has 0 aliphatic heterocycles. The molecule has 1 aromatic rings. The highest BCUT2D eigenvalue weighted by Crippen LogP contribution is 2.33.